The summed E-state index contributed by atoms with van der Waals surface area (Å²) >= 11 is 6.13. The zero-order valence-corrected chi connectivity index (χ0v) is 17.5. The van der Waals surface area contributed by atoms with Crippen molar-refractivity contribution in [3.05, 3.63) is 94.4 Å². The minimum absolute atomic E-state index is 0.0594. The molecule has 0 aromatic heterocycles. The van der Waals surface area contributed by atoms with Gasteiger partial charge in [0.15, 0.2) is 0 Å². The molecule has 0 fully saturated rings. The van der Waals surface area contributed by atoms with Crippen LogP contribution in [0, 0.1) is 12.7 Å². The largest absolute Gasteiger partial charge is 0.496 e. The Morgan fingerprint density at radius 3 is 2.48 bits per heavy atom. The Bertz CT molecular complexity index is 1240. The summed E-state index contributed by atoms with van der Waals surface area (Å²) in [4.78, 5) is 27.8. The Morgan fingerprint density at radius 1 is 0.968 bits per heavy atom. The summed E-state index contributed by atoms with van der Waals surface area (Å²) in [5, 5.41) is 3.56. The molecule has 0 aliphatic carbocycles. The van der Waals surface area contributed by atoms with Gasteiger partial charge >= 0.3 is 0 Å². The lowest BCUT2D eigenvalue weighted by atomic mass is 10.0. The van der Waals surface area contributed by atoms with Gasteiger partial charge in [-0.25, -0.2) is 9.29 Å². The fourth-order valence-corrected chi connectivity index (χ4v) is 3.63. The number of methoxy groups -OCH3 is 1. The van der Waals surface area contributed by atoms with Gasteiger partial charge in [0.1, 0.15) is 17.3 Å². The van der Waals surface area contributed by atoms with Gasteiger partial charge in [-0.05, 0) is 48.9 Å². The van der Waals surface area contributed by atoms with Crippen molar-refractivity contribution < 1.29 is 18.7 Å². The Morgan fingerprint density at radius 2 is 1.74 bits per heavy atom. The SMILES string of the molecule is COc1ccccc1C1=C(Nc2cc(Cl)ccc2C)C(=O)N(c2cccc(F)c2)C1=O. The van der Waals surface area contributed by atoms with Gasteiger partial charge in [-0.3, -0.25) is 9.59 Å². The third-order valence-corrected chi connectivity index (χ3v) is 5.22. The third-order valence-electron chi connectivity index (χ3n) is 4.99. The maximum Gasteiger partial charge on any atom is 0.282 e. The summed E-state index contributed by atoms with van der Waals surface area (Å²) in [5.74, 6) is -1.30. The van der Waals surface area contributed by atoms with Crippen molar-refractivity contribution in [1.29, 1.82) is 0 Å². The molecule has 2 amide bonds. The molecular formula is C24H18ClFN2O3. The van der Waals surface area contributed by atoms with E-state index in [1.165, 1.54) is 25.3 Å². The molecule has 4 rings (SSSR count). The molecule has 0 unspecified atom stereocenters. The molecule has 1 aliphatic rings. The minimum Gasteiger partial charge on any atom is -0.496 e. The van der Waals surface area contributed by atoms with E-state index in [1.54, 1.807) is 42.5 Å². The van der Waals surface area contributed by atoms with E-state index in [4.69, 9.17) is 16.3 Å². The van der Waals surface area contributed by atoms with Crippen molar-refractivity contribution in [1.82, 2.24) is 0 Å². The fraction of sp³-hybridized carbons (Fsp3) is 0.0833. The Hall–Kier alpha value is -3.64. The number of nitrogens with one attached hydrogen (secondary N) is 1. The van der Waals surface area contributed by atoms with Gasteiger partial charge in [0.2, 0.25) is 0 Å². The normalized spacial score (nSPS) is 13.7. The zero-order valence-electron chi connectivity index (χ0n) is 16.8. The smallest absolute Gasteiger partial charge is 0.282 e. The number of para-hydroxylation sites is 1. The van der Waals surface area contributed by atoms with Crippen molar-refractivity contribution >= 4 is 40.4 Å². The zero-order chi connectivity index (χ0) is 22.1. The second kappa shape index (κ2) is 8.24. The molecule has 0 saturated heterocycles. The van der Waals surface area contributed by atoms with E-state index in [1.807, 2.05) is 6.92 Å². The van der Waals surface area contributed by atoms with Gasteiger partial charge in [-0.1, -0.05) is 41.9 Å². The van der Waals surface area contributed by atoms with E-state index >= 15 is 0 Å². The van der Waals surface area contributed by atoms with Crippen LogP contribution in [0.25, 0.3) is 5.57 Å². The first-order valence-electron chi connectivity index (χ1n) is 9.46. The highest BCUT2D eigenvalue weighted by Crippen LogP contribution is 2.38. The Labute approximate surface area is 183 Å². The molecule has 1 heterocycles. The van der Waals surface area contributed by atoms with Gasteiger partial charge < -0.3 is 10.1 Å². The predicted molar refractivity (Wildman–Crippen MR) is 119 cm³/mol. The molecule has 3 aromatic carbocycles. The molecule has 1 aliphatic heterocycles. The molecule has 0 atom stereocenters. The Balaban J connectivity index is 1.90. The van der Waals surface area contributed by atoms with Crippen molar-refractivity contribution in [3.8, 4) is 5.75 Å². The van der Waals surface area contributed by atoms with Crippen LogP contribution < -0.4 is 15.0 Å². The van der Waals surface area contributed by atoms with E-state index in [2.05, 4.69) is 5.32 Å². The van der Waals surface area contributed by atoms with Crippen LogP contribution in [0.1, 0.15) is 11.1 Å². The summed E-state index contributed by atoms with van der Waals surface area (Å²) in [6.45, 7) is 1.85. The molecule has 0 radical (unpaired) electrons. The number of aryl methyl sites for hydroxylation is 1. The molecule has 7 heteroatoms. The minimum atomic E-state index is -0.601. The number of nitrogens with zero attached hydrogens (tertiary/aromatic N) is 1. The summed E-state index contributed by atoms with van der Waals surface area (Å²) in [6, 6.07) is 17.5. The number of carbonyl (C=O) groups excluding carboxylic acids is 2. The summed E-state index contributed by atoms with van der Waals surface area (Å²) < 4.78 is 19.3. The maximum absolute atomic E-state index is 13.8. The van der Waals surface area contributed by atoms with Crippen molar-refractivity contribution in [3.63, 3.8) is 0 Å². The quantitative estimate of drug-likeness (QED) is 0.559. The van der Waals surface area contributed by atoms with E-state index < -0.39 is 17.6 Å². The number of amides is 2. The molecule has 156 valence electrons. The molecule has 1 N–H and O–H groups in total. The van der Waals surface area contributed by atoms with Crippen molar-refractivity contribution in [2.45, 2.75) is 6.92 Å². The standard InChI is InChI=1S/C24H18ClFN2O3/c1-14-10-11-15(25)12-19(14)27-22-21(18-8-3-4-9-20(18)31-2)23(29)28(24(22)30)17-7-5-6-16(26)13-17/h3-13,27H,1-2H3. The molecule has 31 heavy (non-hydrogen) atoms. The fourth-order valence-electron chi connectivity index (χ4n) is 3.46. The van der Waals surface area contributed by atoms with Crippen LogP contribution in [0.2, 0.25) is 5.02 Å². The highest BCUT2D eigenvalue weighted by Gasteiger charge is 2.41. The number of imide groups is 1. The number of carbonyl (C=O) groups is 2. The first-order chi connectivity index (χ1) is 14.9. The van der Waals surface area contributed by atoms with Crippen LogP contribution in [0.3, 0.4) is 0 Å². The van der Waals surface area contributed by atoms with Gasteiger partial charge in [-0.15, -0.1) is 0 Å². The van der Waals surface area contributed by atoms with Gasteiger partial charge in [0.25, 0.3) is 11.8 Å². The highest BCUT2D eigenvalue weighted by atomic mass is 35.5. The van der Waals surface area contributed by atoms with E-state index in [-0.39, 0.29) is 17.0 Å². The van der Waals surface area contributed by atoms with Crippen molar-refractivity contribution in [2.24, 2.45) is 0 Å². The monoisotopic (exact) mass is 436 g/mol. The second-order valence-corrected chi connectivity index (χ2v) is 7.40. The number of benzene rings is 3. The first-order valence-corrected chi connectivity index (χ1v) is 9.83. The number of ether oxygens (including phenoxy) is 1. The molecular weight excluding hydrogens is 419 g/mol. The lowest BCUT2D eigenvalue weighted by Gasteiger charge is -2.16. The summed E-state index contributed by atoms with van der Waals surface area (Å²) in [7, 11) is 1.49. The highest BCUT2D eigenvalue weighted by molar-refractivity contribution is 6.46. The van der Waals surface area contributed by atoms with E-state index in [9.17, 15) is 14.0 Å². The summed E-state index contributed by atoms with van der Waals surface area (Å²) in [6.07, 6.45) is 0. The number of hydrogen-bond acceptors (Lipinski definition) is 4. The first kappa shape index (κ1) is 20.6. The number of halogens is 2. The average molecular weight is 437 g/mol. The summed E-state index contributed by atoms with van der Waals surface area (Å²) in [5.41, 5.74) is 2.19. The van der Waals surface area contributed by atoms with Crippen LogP contribution in [-0.2, 0) is 9.59 Å². The van der Waals surface area contributed by atoms with Crippen molar-refractivity contribution in [2.75, 3.05) is 17.3 Å². The molecule has 0 spiro atoms. The van der Waals surface area contributed by atoms with Crippen LogP contribution in [0.5, 0.6) is 5.75 Å². The van der Waals surface area contributed by atoms with E-state index in [0.29, 0.717) is 22.0 Å². The van der Waals surface area contributed by atoms with Crippen LogP contribution in [-0.4, -0.2) is 18.9 Å². The lowest BCUT2D eigenvalue weighted by molar-refractivity contribution is -0.120. The van der Waals surface area contributed by atoms with Crippen LogP contribution in [0.15, 0.2) is 72.4 Å². The molecule has 0 saturated carbocycles. The van der Waals surface area contributed by atoms with E-state index in [0.717, 1.165) is 16.5 Å². The second-order valence-electron chi connectivity index (χ2n) is 6.96. The van der Waals surface area contributed by atoms with Crippen LogP contribution in [0.4, 0.5) is 15.8 Å². The van der Waals surface area contributed by atoms with Gasteiger partial charge in [-0.2, -0.15) is 0 Å². The topological polar surface area (TPSA) is 58.6 Å². The Kier molecular flexibility index (Phi) is 5.48. The number of rotatable bonds is 5. The average Bonchev–Trinajstić information content (AvgIpc) is 3.00. The lowest BCUT2D eigenvalue weighted by Crippen LogP contribution is -2.32. The molecule has 5 nitrogen and oxygen atoms in total. The van der Waals surface area contributed by atoms with Gasteiger partial charge in [0.05, 0.1) is 18.4 Å². The number of anilines is 2. The molecule has 3 aromatic rings. The predicted octanol–water partition coefficient (Wildman–Crippen LogP) is 5.19. The van der Waals surface area contributed by atoms with Crippen LogP contribution >= 0.6 is 11.6 Å². The third kappa shape index (κ3) is 3.78. The van der Waals surface area contributed by atoms with Gasteiger partial charge in [0, 0.05) is 16.3 Å². The number of hydrogen-bond donors (Lipinski definition) is 1. The molecule has 0 bridgehead atoms. The maximum atomic E-state index is 13.8.